The molecule has 8 aromatic rings. The third-order valence-electron chi connectivity index (χ3n) is 10.2. The topological polar surface area (TPSA) is 189 Å². The summed E-state index contributed by atoms with van der Waals surface area (Å²) in [7, 11) is 3.21. The van der Waals surface area contributed by atoms with Crippen LogP contribution in [0.25, 0.3) is 21.8 Å². The number of Topliss-reactive ketones (excluding diaryl/α,β-unsaturated/α-hetero) is 2. The summed E-state index contributed by atoms with van der Waals surface area (Å²) in [4.78, 5) is 54.6. The molecule has 0 unspecified atom stereocenters. The van der Waals surface area contributed by atoms with Gasteiger partial charge >= 0.3 is 11.9 Å². The van der Waals surface area contributed by atoms with Gasteiger partial charge in [-0.1, -0.05) is 24.3 Å². The highest BCUT2D eigenvalue weighted by molar-refractivity contribution is 5.89. The maximum absolute atomic E-state index is 14.6. The lowest BCUT2D eigenvalue weighted by Gasteiger charge is -2.08. The molecule has 0 spiro atoms. The number of carboxylic acids is 2. The first-order chi connectivity index (χ1) is 30.8. The van der Waals surface area contributed by atoms with Crippen LogP contribution in [0, 0.1) is 11.6 Å². The molecule has 4 aromatic carbocycles. The van der Waals surface area contributed by atoms with Crippen molar-refractivity contribution >= 4 is 45.3 Å². The standard InChI is InChI=1S/2C24H20FN3O4/c1-32-20-4-2-15(3-5-20)14-28-23-12-17(21(25)11-18(23)13-27-28)10-19(29)8-16-6-7-26-22(9-16)24(30)31;1-32-20-4-2-15(3-5-20)13-28-14-18-11-21(25)17(12-22(18)27-28)10-19(29)8-16-6-7-26-23(9-16)24(30)31/h2-7,9,11-13H,8,10,14H2,1H3,(H,30,31);2-7,9,11-12,14H,8,10,13H2,1H3,(H,30,31). The average Bonchev–Trinajstić information content (AvgIpc) is 3.86. The second-order valence-electron chi connectivity index (χ2n) is 14.8. The molecule has 0 atom stereocenters. The molecule has 0 saturated heterocycles. The van der Waals surface area contributed by atoms with E-state index in [0.29, 0.717) is 40.5 Å². The molecule has 0 fully saturated rings. The Balaban J connectivity index is 0.000000191. The van der Waals surface area contributed by atoms with Crippen molar-refractivity contribution in [2.24, 2.45) is 0 Å². The number of hydrogen-bond acceptors (Lipinski definition) is 10. The molecule has 0 aliphatic heterocycles. The number of methoxy groups -OCH3 is 2. The summed E-state index contributed by atoms with van der Waals surface area (Å²) in [5, 5.41) is 28.2. The van der Waals surface area contributed by atoms with Gasteiger partial charge in [0.05, 0.1) is 44.5 Å². The van der Waals surface area contributed by atoms with Gasteiger partial charge in [0, 0.05) is 55.0 Å². The second-order valence-corrected chi connectivity index (χ2v) is 14.8. The lowest BCUT2D eigenvalue weighted by Crippen LogP contribution is -2.10. The Morgan fingerprint density at radius 2 is 1.09 bits per heavy atom. The number of rotatable bonds is 16. The molecule has 0 bridgehead atoms. The molecule has 0 aliphatic rings. The van der Waals surface area contributed by atoms with E-state index in [2.05, 4.69) is 20.2 Å². The first-order valence-electron chi connectivity index (χ1n) is 19.8. The summed E-state index contributed by atoms with van der Waals surface area (Å²) in [6.07, 6.45) is 5.80. The molecule has 4 aromatic heterocycles. The molecule has 0 saturated carbocycles. The molecule has 16 heteroatoms. The molecule has 4 heterocycles. The van der Waals surface area contributed by atoms with Crippen LogP contribution in [0.2, 0.25) is 0 Å². The highest BCUT2D eigenvalue weighted by Crippen LogP contribution is 2.23. The van der Waals surface area contributed by atoms with Crippen LogP contribution in [0.4, 0.5) is 8.78 Å². The zero-order valence-electron chi connectivity index (χ0n) is 34.6. The van der Waals surface area contributed by atoms with Crippen molar-refractivity contribution in [1.82, 2.24) is 29.5 Å². The van der Waals surface area contributed by atoms with Crippen LogP contribution in [0.3, 0.4) is 0 Å². The van der Waals surface area contributed by atoms with Gasteiger partial charge in [0.25, 0.3) is 0 Å². The smallest absolute Gasteiger partial charge is 0.354 e. The number of ether oxygens (including phenoxy) is 2. The fourth-order valence-electron chi connectivity index (χ4n) is 6.99. The van der Waals surface area contributed by atoms with E-state index in [0.717, 1.165) is 28.1 Å². The van der Waals surface area contributed by atoms with Gasteiger partial charge in [-0.3, -0.25) is 19.0 Å². The Kier molecular flexibility index (Phi) is 13.5. The molecule has 0 aliphatic carbocycles. The van der Waals surface area contributed by atoms with Gasteiger partial charge in [0.15, 0.2) is 0 Å². The molecular weight excluding hydrogens is 827 g/mol. The molecule has 8 rings (SSSR count). The van der Waals surface area contributed by atoms with Crippen LogP contribution in [-0.4, -0.2) is 77.5 Å². The largest absolute Gasteiger partial charge is 0.497 e. The minimum absolute atomic E-state index is 0.00775. The maximum Gasteiger partial charge on any atom is 0.354 e. The monoisotopic (exact) mass is 866 g/mol. The number of carbonyl (C=O) groups is 4. The minimum Gasteiger partial charge on any atom is -0.497 e. The Hall–Kier alpha value is -8.14. The maximum atomic E-state index is 14.6. The summed E-state index contributed by atoms with van der Waals surface area (Å²) in [6.45, 7) is 1.00. The molecule has 2 N–H and O–H groups in total. The summed E-state index contributed by atoms with van der Waals surface area (Å²) in [5.74, 6) is -2.22. The lowest BCUT2D eigenvalue weighted by atomic mass is 10.0. The molecule has 324 valence electrons. The number of nitrogens with zero attached hydrogens (tertiary/aromatic N) is 6. The van der Waals surface area contributed by atoms with Crippen LogP contribution >= 0.6 is 0 Å². The van der Waals surface area contributed by atoms with E-state index in [4.69, 9.17) is 19.7 Å². The molecule has 0 radical (unpaired) electrons. The van der Waals surface area contributed by atoms with Gasteiger partial charge in [-0.15, -0.1) is 0 Å². The van der Waals surface area contributed by atoms with Gasteiger partial charge in [-0.2, -0.15) is 10.2 Å². The van der Waals surface area contributed by atoms with Crippen molar-refractivity contribution in [3.8, 4) is 11.5 Å². The van der Waals surface area contributed by atoms with E-state index < -0.39 is 23.6 Å². The first-order valence-corrected chi connectivity index (χ1v) is 19.8. The third-order valence-corrected chi connectivity index (χ3v) is 10.2. The number of aromatic nitrogens is 6. The number of pyridine rings is 2. The summed E-state index contributed by atoms with van der Waals surface area (Å²) in [6, 6.07) is 27.0. The van der Waals surface area contributed by atoms with E-state index in [1.54, 1.807) is 60.2 Å². The van der Waals surface area contributed by atoms with E-state index in [-0.39, 0.29) is 59.8 Å². The summed E-state index contributed by atoms with van der Waals surface area (Å²) in [5.41, 5.74) is 4.65. The van der Waals surface area contributed by atoms with Crippen molar-refractivity contribution in [2.45, 2.75) is 38.8 Å². The highest BCUT2D eigenvalue weighted by atomic mass is 19.1. The van der Waals surface area contributed by atoms with Crippen molar-refractivity contribution in [3.63, 3.8) is 0 Å². The molecule has 14 nitrogen and oxygen atoms in total. The Labute approximate surface area is 364 Å². The van der Waals surface area contributed by atoms with Crippen molar-refractivity contribution in [3.05, 3.63) is 178 Å². The number of halogens is 2. The number of aromatic carboxylic acids is 2. The van der Waals surface area contributed by atoms with Crippen molar-refractivity contribution < 1.29 is 47.6 Å². The summed E-state index contributed by atoms with van der Waals surface area (Å²) < 4.78 is 43.0. The van der Waals surface area contributed by atoms with Crippen LogP contribution in [0.5, 0.6) is 11.5 Å². The van der Waals surface area contributed by atoms with Gasteiger partial charge in [0.1, 0.15) is 46.1 Å². The van der Waals surface area contributed by atoms with Crippen LogP contribution in [0.1, 0.15) is 54.4 Å². The number of carbonyl (C=O) groups excluding carboxylic acids is 2. The normalized spacial score (nSPS) is 10.9. The van der Waals surface area contributed by atoms with Gasteiger partial charge in [0.2, 0.25) is 0 Å². The van der Waals surface area contributed by atoms with E-state index in [1.165, 1.54) is 36.7 Å². The van der Waals surface area contributed by atoms with Crippen LogP contribution in [0.15, 0.2) is 122 Å². The molecule has 64 heavy (non-hydrogen) atoms. The highest BCUT2D eigenvalue weighted by Gasteiger charge is 2.17. The SMILES string of the molecule is COc1ccc(Cn2cc3cc(F)c(CC(=O)Cc4ccnc(C(=O)O)c4)cc3n2)cc1.COc1ccc(Cn2ncc3cc(F)c(CC(=O)Cc4ccnc(C(=O)O)c4)cc32)cc1. The number of hydrogen-bond donors (Lipinski definition) is 2. The van der Waals surface area contributed by atoms with E-state index in [9.17, 15) is 28.0 Å². The Morgan fingerprint density at radius 3 is 1.61 bits per heavy atom. The predicted molar refractivity (Wildman–Crippen MR) is 231 cm³/mol. The average molecular weight is 867 g/mol. The number of benzene rings is 4. The van der Waals surface area contributed by atoms with Gasteiger partial charge < -0.3 is 19.7 Å². The zero-order valence-corrected chi connectivity index (χ0v) is 34.6. The van der Waals surface area contributed by atoms with Crippen LogP contribution < -0.4 is 9.47 Å². The number of fused-ring (bicyclic) bond motifs is 2. The van der Waals surface area contributed by atoms with Crippen molar-refractivity contribution in [2.75, 3.05) is 14.2 Å². The van der Waals surface area contributed by atoms with Gasteiger partial charge in [-0.25, -0.2) is 28.3 Å². The Bertz CT molecular complexity index is 2990. The van der Waals surface area contributed by atoms with E-state index >= 15 is 0 Å². The number of ketones is 2. The fourth-order valence-corrected chi connectivity index (χ4v) is 6.99. The molecular formula is C48H40F2N6O8. The first kappa shape index (κ1) is 43.9. The second kappa shape index (κ2) is 19.7. The quantitative estimate of drug-likeness (QED) is 0.0984. The predicted octanol–water partition coefficient (Wildman–Crippen LogP) is 7.36. The third kappa shape index (κ3) is 11.0. The van der Waals surface area contributed by atoms with Gasteiger partial charge in [-0.05, 0) is 106 Å². The molecule has 0 amide bonds. The van der Waals surface area contributed by atoms with Crippen molar-refractivity contribution in [1.29, 1.82) is 0 Å². The fraction of sp³-hybridized carbons (Fsp3) is 0.167. The van der Waals surface area contributed by atoms with Crippen LogP contribution in [-0.2, 0) is 48.4 Å². The summed E-state index contributed by atoms with van der Waals surface area (Å²) >= 11 is 0. The number of carboxylic acid groups (broad SMARTS) is 2. The van der Waals surface area contributed by atoms with E-state index in [1.807, 2.05) is 48.5 Å². The minimum atomic E-state index is -1.17. The Morgan fingerprint density at radius 1 is 0.594 bits per heavy atom. The zero-order chi connectivity index (χ0) is 45.3. The lowest BCUT2D eigenvalue weighted by molar-refractivity contribution is -0.118.